The lowest BCUT2D eigenvalue weighted by molar-refractivity contribution is 0.0922. The topological polar surface area (TPSA) is 58.2 Å². The van der Waals surface area contributed by atoms with Crippen molar-refractivity contribution in [1.82, 2.24) is 10.6 Å². The molecule has 0 aliphatic heterocycles. The van der Waals surface area contributed by atoms with Crippen molar-refractivity contribution in [1.29, 1.82) is 0 Å². The van der Waals surface area contributed by atoms with E-state index in [-0.39, 0.29) is 23.9 Å². The standard InChI is InChI=1S/C18H28N2O2/c1-5-15(6-2)19-17(21)13-9-11-14(12-10-13)18(22)20-16(7-3)8-4/h9-12,15-16H,5-8H2,1-4H3,(H,19,21)(H,20,22). The summed E-state index contributed by atoms with van der Waals surface area (Å²) in [5.74, 6) is -0.165. The Morgan fingerprint density at radius 2 is 1.00 bits per heavy atom. The van der Waals surface area contributed by atoms with Crippen LogP contribution in [0.1, 0.15) is 74.1 Å². The maximum absolute atomic E-state index is 12.1. The first-order valence-electron chi connectivity index (χ1n) is 8.27. The second-order valence-corrected chi connectivity index (χ2v) is 5.55. The van der Waals surface area contributed by atoms with E-state index in [1.165, 1.54) is 0 Å². The van der Waals surface area contributed by atoms with Gasteiger partial charge in [0.1, 0.15) is 0 Å². The molecule has 1 aromatic rings. The molecule has 0 fully saturated rings. The van der Waals surface area contributed by atoms with E-state index in [1.54, 1.807) is 24.3 Å². The first kappa shape index (κ1) is 18.2. The molecule has 1 rings (SSSR count). The van der Waals surface area contributed by atoms with E-state index in [2.05, 4.69) is 38.3 Å². The molecule has 0 aromatic heterocycles. The Morgan fingerprint density at radius 1 is 0.727 bits per heavy atom. The lowest BCUT2D eigenvalue weighted by Crippen LogP contribution is -2.34. The summed E-state index contributed by atoms with van der Waals surface area (Å²) in [6.45, 7) is 8.22. The molecule has 1 aromatic carbocycles. The van der Waals surface area contributed by atoms with Crippen molar-refractivity contribution < 1.29 is 9.59 Å². The highest BCUT2D eigenvalue weighted by atomic mass is 16.2. The molecule has 0 spiro atoms. The van der Waals surface area contributed by atoms with Gasteiger partial charge in [-0.1, -0.05) is 27.7 Å². The number of amides is 2. The average molecular weight is 304 g/mol. The Morgan fingerprint density at radius 3 is 1.23 bits per heavy atom. The molecule has 4 heteroatoms. The van der Waals surface area contributed by atoms with Crippen LogP contribution < -0.4 is 10.6 Å². The third-order valence-corrected chi connectivity index (χ3v) is 4.05. The molecule has 0 aliphatic carbocycles. The third kappa shape index (κ3) is 5.17. The van der Waals surface area contributed by atoms with E-state index >= 15 is 0 Å². The summed E-state index contributed by atoms with van der Waals surface area (Å²) in [4.78, 5) is 24.2. The summed E-state index contributed by atoms with van der Waals surface area (Å²) in [7, 11) is 0. The minimum atomic E-state index is -0.0827. The van der Waals surface area contributed by atoms with Gasteiger partial charge in [-0.15, -0.1) is 0 Å². The van der Waals surface area contributed by atoms with Gasteiger partial charge in [-0.05, 0) is 49.9 Å². The molecule has 122 valence electrons. The summed E-state index contributed by atoms with van der Waals surface area (Å²) in [5, 5.41) is 5.98. The van der Waals surface area contributed by atoms with Gasteiger partial charge in [0.05, 0.1) is 0 Å². The normalized spacial score (nSPS) is 10.8. The van der Waals surface area contributed by atoms with Crippen LogP contribution >= 0.6 is 0 Å². The van der Waals surface area contributed by atoms with Gasteiger partial charge in [-0.3, -0.25) is 9.59 Å². The van der Waals surface area contributed by atoms with E-state index in [0.717, 1.165) is 25.7 Å². The van der Waals surface area contributed by atoms with E-state index < -0.39 is 0 Å². The molecule has 0 atom stereocenters. The van der Waals surface area contributed by atoms with Crippen molar-refractivity contribution in [3.63, 3.8) is 0 Å². The molecular weight excluding hydrogens is 276 g/mol. The number of carbonyl (C=O) groups is 2. The quantitative estimate of drug-likeness (QED) is 0.772. The number of hydrogen-bond acceptors (Lipinski definition) is 2. The van der Waals surface area contributed by atoms with Crippen molar-refractivity contribution >= 4 is 11.8 Å². The van der Waals surface area contributed by atoms with Crippen LogP contribution in [0.2, 0.25) is 0 Å². The lowest BCUT2D eigenvalue weighted by Gasteiger charge is -2.16. The van der Waals surface area contributed by atoms with Crippen molar-refractivity contribution in [2.24, 2.45) is 0 Å². The van der Waals surface area contributed by atoms with E-state index in [9.17, 15) is 9.59 Å². The Balaban J connectivity index is 2.69. The molecule has 4 nitrogen and oxygen atoms in total. The van der Waals surface area contributed by atoms with Gasteiger partial charge in [0.25, 0.3) is 11.8 Å². The molecule has 0 radical (unpaired) electrons. The van der Waals surface area contributed by atoms with Gasteiger partial charge in [0, 0.05) is 23.2 Å². The van der Waals surface area contributed by atoms with E-state index in [0.29, 0.717) is 11.1 Å². The SMILES string of the molecule is CCC(CC)NC(=O)c1ccc(C(=O)NC(CC)CC)cc1. The maximum atomic E-state index is 12.1. The Labute approximate surface area is 133 Å². The fraction of sp³-hybridized carbons (Fsp3) is 0.556. The van der Waals surface area contributed by atoms with Gasteiger partial charge >= 0.3 is 0 Å². The number of nitrogens with one attached hydrogen (secondary N) is 2. The minimum absolute atomic E-state index is 0.0827. The first-order valence-corrected chi connectivity index (χ1v) is 8.27. The number of hydrogen-bond donors (Lipinski definition) is 2. The summed E-state index contributed by atoms with van der Waals surface area (Å²) in [5.41, 5.74) is 1.18. The molecular formula is C18H28N2O2. The molecule has 0 heterocycles. The van der Waals surface area contributed by atoms with Crippen LogP contribution in [0.15, 0.2) is 24.3 Å². The zero-order valence-corrected chi connectivity index (χ0v) is 14.1. The Bertz CT molecular complexity index is 429. The molecule has 0 saturated carbocycles. The number of rotatable bonds is 8. The van der Waals surface area contributed by atoms with Crippen molar-refractivity contribution in [3.05, 3.63) is 35.4 Å². The zero-order valence-electron chi connectivity index (χ0n) is 14.1. The maximum Gasteiger partial charge on any atom is 0.251 e. The lowest BCUT2D eigenvalue weighted by atomic mass is 10.1. The predicted molar refractivity (Wildman–Crippen MR) is 90.1 cm³/mol. The van der Waals surface area contributed by atoms with Crippen molar-refractivity contribution in [3.8, 4) is 0 Å². The van der Waals surface area contributed by atoms with Gasteiger partial charge in [0.2, 0.25) is 0 Å². The highest BCUT2D eigenvalue weighted by Crippen LogP contribution is 2.07. The highest BCUT2D eigenvalue weighted by Gasteiger charge is 2.13. The number of carbonyl (C=O) groups excluding carboxylic acids is 2. The monoisotopic (exact) mass is 304 g/mol. The van der Waals surface area contributed by atoms with Gasteiger partial charge < -0.3 is 10.6 Å². The van der Waals surface area contributed by atoms with Crippen LogP contribution in [0.25, 0.3) is 0 Å². The van der Waals surface area contributed by atoms with E-state index in [4.69, 9.17) is 0 Å². The fourth-order valence-corrected chi connectivity index (χ4v) is 2.30. The van der Waals surface area contributed by atoms with Crippen molar-refractivity contribution in [2.45, 2.75) is 65.5 Å². The third-order valence-electron chi connectivity index (χ3n) is 4.05. The molecule has 2 amide bonds. The van der Waals surface area contributed by atoms with Crippen LogP contribution in [0.3, 0.4) is 0 Å². The second-order valence-electron chi connectivity index (χ2n) is 5.55. The predicted octanol–water partition coefficient (Wildman–Crippen LogP) is 3.52. The van der Waals surface area contributed by atoms with Gasteiger partial charge in [-0.2, -0.15) is 0 Å². The molecule has 2 N–H and O–H groups in total. The fourth-order valence-electron chi connectivity index (χ4n) is 2.30. The second kappa shape index (κ2) is 9.23. The van der Waals surface area contributed by atoms with Crippen molar-refractivity contribution in [2.75, 3.05) is 0 Å². The smallest absolute Gasteiger partial charge is 0.251 e. The van der Waals surface area contributed by atoms with Gasteiger partial charge in [-0.25, -0.2) is 0 Å². The van der Waals surface area contributed by atoms with Crippen LogP contribution in [-0.2, 0) is 0 Å². The first-order chi connectivity index (χ1) is 10.5. The highest BCUT2D eigenvalue weighted by molar-refractivity contribution is 5.98. The molecule has 0 aliphatic rings. The molecule has 0 unspecified atom stereocenters. The van der Waals surface area contributed by atoms with Gasteiger partial charge in [0.15, 0.2) is 0 Å². The number of benzene rings is 1. The summed E-state index contributed by atoms with van der Waals surface area (Å²) >= 11 is 0. The van der Waals surface area contributed by atoms with E-state index in [1.807, 2.05) is 0 Å². The van der Waals surface area contributed by atoms with Crippen LogP contribution in [0, 0.1) is 0 Å². The van der Waals surface area contributed by atoms with Crippen LogP contribution in [-0.4, -0.2) is 23.9 Å². The molecule has 0 saturated heterocycles. The molecule has 22 heavy (non-hydrogen) atoms. The summed E-state index contributed by atoms with van der Waals surface area (Å²) < 4.78 is 0. The van der Waals surface area contributed by atoms with Crippen LogP contribution in [0.4, 0.5) is 0 Å². The Kier molecular flexibility index (Phi) is 7.64. The van der Waals surface area contributed by atoms with Crippen LogP contribution in [0.5, 0.6) is 0 Å². The summed E-state index contributed by atoms with van der Waals surface area (Å²) in [6.07, 6.45) is 3.66. The molecule has 0 bridgehead atoms. The minimum Gasteiger partial charge on any atom is -0.349 e. The largest absolute Gasteiger partial charge is 0.349 e. The Hall–Kier alpha value is -1.84. The average Bonchev–Trinajstić information content (AvgIpc) is 2.57. The summed E-state index contributed by atoms with van der Waals surface area (Å²) in [6, 6.07) is 7.23. The zero-order chi connectivity index (χ0) is 16.5.